The molecule has 3 aromatic rings. The molecule has 32 heavy (non-hydrogen) atoms. The van der Waals surface area contributed by atoms with Crippen LogP contribution >= 0.6 is 0 Å². The van der Waals surface area contributed by atoms with Gasteiger partial charge in [-0.15, -0.1) is 0 Å². The van der Waals surface area contributed by atoms with Gasteiger partial charge < -0.3 is 5.32 Å². The van der Waals surface area contributed by atoms with Crippen molar-refractivity contribution in [3.8, 4) is 0 Å². The topological polar surface area (TPSA) is 32.3 Å². The van der Waals surface area contributed by atoms with E-state index in [-0.39, 0.29) is 23.8 Å². The maximum atomic E-state index is 14.3. The smallest absolute Gasteiger partial charge is 0.224 e. The van der Waals surface area contributed by atoms with Crippen molar-refractivity contribution in [1.29, 1.82) is 0 Å². The second-order valence-electron chi connectivity index (χ2n) is 8.61. The number of nitrogens with one attached hydrogen (secondary N) is 1. The standard InChI is InChI=1S/C27H28F2N2O/c1-19(20-8-4-2-5-9-20)30-27(32)24-14-23(21-10-6-3-7-11-21)17-31(18-24)16-22-12-13-25(28)15-26(22)29/h2-13,15,19,23-24H,14,16-18H2,1H3,(H,30,32). The van der Waals surface area contributed by atoms with Gasteiger partial charge in [0.1, 0.15) is 11.6 Å². The van der Waals surface area contributed by atoms with Gasteiger partial charge >= 0.3 is 0 Å². The Morgan fingerprint density at radius 1 is 1.00 bits per heavy atom. The van der Waals surface area contributed by atoms with Crippen LogP contribution in [0.15, 0.2) is 78.9 Å². The number of carbonyl (C=O) groups excluding carboxylic acids is 1. The lowest BCUT2D eigenvalue weighted by Gasteiger charge is -2.38. The van der Waals surface area contributed by atoms with Crippen LogP contribution in [0, 0.1) is 17.6 Å². The molecule has 5 heteroatoms. The van der Waals surface area contributed by atoms with E-state index in [2.05, 4.69) is 22.3 Å². The van der Waals surface area contributed by atoms with Crippen molar-refractivity contribution in [3.05, 3.63) is 107 Å². The van der Waals surface area contributed by atoms with Crippen LogP contribution in [0.3, 0.4) is 0 Å². The summed E-state index contributed by atoms with van der Waals surface area (Å²) in [6, 6.07) is 23.6. The summed E-state index contributed by atoms with van der Waals surface area (Å²) in [6.07, 6.45) is 0.736. The highest BCUT2D eigenvalue weighted by molar-refractivity contribution is 5.79. The van der Waals surface area contributed by atoms with Crippen molar-refractivity contribution >= 4 is 5.91 Å². The van der Waals surface area contributed by atoms with Gasteiger partial charge in [0.15, 0.2) is 0 Å². The molecule has 1 aliphatic rings. The second-order valence-corrected chi connectivity index (χ2v) is 8.61. The van der Waals surface area contributed by atoms with Crippen LogP contribution in [-0.2, 0) is 11.3 Å². The predicted octanol–water partition coefficient (Wildman–Crippen LogP) is 5.45. The third-order valence-electron chi connectivity index (χ3n) is 6.24. The number of hydrogen-bond donors (Lipinski definition) is 1. The number of carbonyl (C=O) groups is 1. The van der Waals surface area contributed by atoms with E-state index in [0.29, 0.717) is 18.7 Å². The summed E-state index contributed by atoms with van der Waals surface area (Å²) < 4.78 is 27.6. The average Bonchev–Trinajstić information content (AvgIpc) is 2.82. The Balaban J connectivity index is 1.52. The van der Waals surface area contributed by atoms with E-state index in [1.807, 2.05) is 55.5 Å². The van der Waals surface area contributed by atoms with Gasteiger partial charge in [-0.3, -0.25) is 9.69 Å². The average molecular weight is 435 g/mol. The largest absolute Gasteiger partial charge is 0.349 e. The lowest BCUT2D eigenvalue weighted by Crippen LogP contribution is -2.46. The molecule has 1 fully saturated rings. The normalized spacial score (nSPS) is 20.0. The van der Waals surface area contributed by atoms with Gasteiger partial charge in [0.05, 0.1) is 12.0 Å². The summed E-state index contributed by atoms with van der Waals surface area (Å²) in [4.78, 5) is 15.3. The van der Waals surface area contributed by atoms with Gasteiger partial charge in [0.25, 0.3) is 0 Å². The fourth-order valence-electron chi connectivity index (χ4n) is 4.52. The summed E-state index contributed by atoms with van der Waals surface area (Å²) in [5.41, 5.74) is 2.67. The van der Waals surface area contributed by atoms with E-state index >= 15 is 0 Å². The van der Waals surface area contributed by atoms with Crippen LogP contribution < -0.4 is 5.32 Å². The minimum atomic E-state index is -0.584. The molecule has 3 nitrogen and oxygen atoms in total. The van der Waals surface area contributed by atoms with Gasteiger partial charge in [0, 0.05) is 31.3 Å². The Hall–Kier alpha value is -3.05. The molecule has 0 radical (unpaired) electrons. The van der Waals surface area contributed by atoms with Crippen LogP contribution in [0.2, 0.25) is 0 Å². The molecule has 0 bridgehead atoms. The van der Waals surface area contributed by atoms with Crippen LogP contribution in [0.25, 0.3) is 0 Å². The van der Waals surface area contributed by atoms with Crippen molar-refractivity contribution < 1.29 is 13.6 Å². The molecule has 1 aliphatic heterocycles. The van der Waals surface area contributed by atoms with Crippen LogP contribution in [0.5, 0.6) is 0 Å². The van der Waals surface area contributed by atoms with Crippen LogP contribution in [-0.4, -0.2) is 23.9 Å². The zero-order valence-corrected chi connectivity index (χ0v) is 18.2. The zero-order valence-electron chi connectivity index (χ0n) is 18.2. The van der Waals surface area contributed by atoms with Crippen molar-refractivity contribution in [1.82, 2.24) is 10.2 Å². The Kier molecular flexibility index (Phi) is 6.96. The molecule has 3 atom stereocenters. The Morgan fingerprint density at radius 2 is 1.69 bits per heavy atom. The van der Waals surface area contributed by atoms with E-state index in [1.165, 1.54) is 17.7 Å². The maximum absolute atomic E-state index is 14.3. The highest BCUT2D eigenvalue weighted by Gasteiger charge is 2.33. The van der Waals surface area contributed by atoms with E-state index in [9.17, 15) is 13.6 Å². The van der Waals surface area contributed by atoms with Gasteiger partial charge in [-0.1, -0.05) is 66.7 Å². The highest BCUT2D eigenvalue weighted by Crippen LogP contribution is 2.32. The first-order chi connectivity index (χ1) is 15.5. The number of rotatable bonds is 6. The summed E-state index contributed by atoms with van der Waals surface area (Å²) in [6.45, 7) is 3.58. The number of amides is 1. The molecule has 3 unspecified atom stereocenters. The van der Waals surface area contributed by atoms with E-state index in [0.717, 1.165) is 24.6 Å². The van der Waals surface area contributed by atoms with Crippen molar-refractivity contribution in [2.45, 2.75) is 31.8 Å². The molecule has 0 aliphatic carbocycles. The lowest BCUT2D eigenvalue weighted by atomic mass is 9.83. The highest BCUT2D eigenvalue weighted by atomic mass is 19.1. The number of halogens is 2. The first kappa shape index (κ1) is 22.2. The molecule has 0 saturated carbocycles. The summed E-state index contributed by atoms with van der Waals surface area (Å²) in [7, 11) is 0. The molecular formula is C27H28F2N2O. The van der Waals surface area contributed by atoms with Crippen LogP contribution in [0.4, 0.5) is 8.78 Å². The van der Waals surface area contributed by atoms with Crippen molar-refractivity contribution in [2.24, 2.45) is 5.92 Å². The number of hydrogen-bond acceptors (Lipinski definition) is 2. The maximum Gasteiger partial charge on any atom is 0.224 e. The van der Waals surface area contributed by atoms with Crippen molar-refractivity contribution in [2.75, 3.05) is 13.1 Å². The van der Waals surface area contributed by atoms with E-state index in [1.54, 1.807) is 0 Å². The van der Waals surface area contributed by atoms with E-state index in [4.69, 9.17) is 0 Å². The minimum absolute atomic E-state index is 0.00608. The summed E-state index contributed by atoms with van der Waals surface area (Å²) in [5.74, 6) is -1.18. The first-order valence-corrected chi connectivity index (χ1v) is 11.1. The first-order valence-electron chi connectivity index (χ1n) is 11.1. The third kappa shape index (κ3) is 5.40. The molecule has 4 rings (SSSR count). The molecule has 1 amide bonds. The summed E-state index contributed by atoms with van der Waals surface area (Å²) in [5, 5.41) is 3.15. The number of nitrogens with zero attached hydrogens (tertiary/aromatic N) is 1. The monoisotopic (exact) mass is 434 g/mol. The van der Waals surface area contributed by atoms with Crippen molar-refractivity contribution in [3.63, 3.8) is 0 Å². The quantitative estimate of drug-likeness (QED) is 0.560. The Labute approximate surface area is 188 Å². The van der Waals surface area contributed by atoms with Gasteiger partial charge in [0.2, 0.25) is 5.91 Å². The van der Waals surface area contributed by atoms with Gasteiger partial charge in [-0.25, -0.2) is 8.78 Å². The predicted molar refractivity (Wildman–Crippen MR) is 122 cm³/mol. The lowest BCUT2D eigenvalue weighted by molar-refractivity contribution is -0.127. The molecular weight excluding hydrogens is 406 g/mol. The number of likely N-dealkylation sites (tertiary alicyclic amines) is 1. The minimum Gasteiger partial charge on any atom is -0.349 e. The van der Waals surface area contributed by atoms with Gasteiger partial charge in [-0.05, 0) is 36.5 Å². The van der Waals surface area contributed by atoms with E-state index < -0.39 is 11.6 Å². The number of piperidine rings is 1. The fourth-order valence-corrected chi connectivity index (χ4v) is 4.52. The SMILES string of the molecule is CC(NC(=O)C1CC(c2ccccc2)CN(Cc2ccc(F)cc2F)C1)c1ccccc1. The molecule has 0 aromatic heterocycles. The molecule has 1 heterocycles. The molecule has 0 spiro atoms. The summed E-state index contributed by atoms with van der Waals surface area (Å²) >= 11 is 0. The zero-order chi connectivity index (χ0) is 22.5. The Bertz CT molecular complexity index is 1040. The molecule has 1 N–H and O–H groups in total. The Morgan fingerprint density at radius 3 is 2.38 bits per heavy atom. The second kappa shape index (κ2) is 10.0. The molecule has 3 aromatic carbocycles. The van der Waals surface area contributed by atoms with Gasteiger partial charge in [-0.2, -0.15) is 0 Å². The fraction of sp³-hybridized carbons (Fsp3) is 0.296. The molecule has 1 saturated heterocycles. The van der Waals surface area contributed by atoms with Crippen LogP contribution in [0.1, 0.15) is 42.0 Å². The number of benzene rings is 3. The molecule has 166 valence electrons. The third-order valence-corrected chi connectivity index (χ3v) is 6.24.